The van der Waals surface area contributed by atoms with E-state index >= 15 is 0 Å². The van der Waals surface area contributed by atoms with Gasteiger partial charge in [-0.25, -0.2) is 0 Å². The first-order chi connectivity index (χ1) is 12.0. The molecule has 2 aliphatic heterocycles. The van der Waals surface area contributed by atoms with Gasteiger partial charge in [-0.15, -0.1) is 24.8 Å². The summed E-state index contributed by atoms with van der Waals surface area (Å²) >= 11 is 6.12. The van der Waals surface area contributed by atoms with Crippen LogP contribution >= 0.6 is 36.4 Å². The summed E-state index contributed by atoms with van der Waals surface area (Å²) in [5, 5.41) is 0.789. The maximum absolute atomic E-state index is 12.5. The molecule has 1 saturated carbocycles. The number of carbonyl (C=O) groups is 1. The monoisotopic (exact) mass is 434 g/mol. The van der Waals surface area contributed by atoms with E-state index in [9.17, 15) is 4.79 Å². The highest BCUT2D eigenvalue weighted by Gasteiger charge is 2.49. The first-order valence-corrected chi connectivity index (χ1v) is 9.76. The molecule has 1 unspecified atom stereocenters. The number of halogens is 3. The third kappa shape index (κ3) is 5.01. The van der Waals surface area contributed by atoms with Crippen molar-refractivity contribution in [2.24, 2.45) is 5.73 Å². The van der Waals surface area contributed by atoms with E-state index in [0.29, 0.717) is 6.04 Å². The van der Waals surface area contributed by atoms with Crippen LogP contribution in [0.3, 0.4) is 0 Å². The third-order valence-electron chi connectivity index (χ3n) is 5.90. The Hall–Kier alpha value is -0.720. The number of nitrogens with zero attached hydrogens (tertiary/aromatic N) is 3. The maximum Gasteiger partial charge on any atom is 0.242 e. The molecule has 1 aromatic carbocycles. The number of benzene rings is 1. The molecule has 1 amide bonds. The fourth-order valence-corrected chi connectivity index (χ4v) is 4.30. The molecule has 3 fully saturated rings. The number of hydrogen-bond donors (Lipinski definition) is 1. The largest absolute Gasteiger partial charge is 0.369 e. The minimum atomic E-state index is -0.535. The highest BCUT2D eigenvalue weighted by molar-refractivity contribution is 6.30. The molecule has 0 radical (unpaired) electrons. The van der Waals surface area contributed by atoms with Gasteiger partial charge in [0.2, 0.25) is 5.91 Å². The summed E-state index contributed by atoms with van der Waals surface area (Å²) in [5.74, 6) is 0.176. The van der Waals surface area contributed by atoms with E-state index in [4.69, 9.17) is 17.3 Å². The maximum atomic E-state index is 12.5. The average molecular weight is 436 g/mol. The van der Waals surface area contributed by atoms with Gasteiger partial charge in [-0.2, -0.15) is 0 Å². The Kier molecular flexibility index (Phi) is 7.68. The zero-order valence-electron chi connectivity index (χ0n) is 15.5. The molecule has 1 aliphatic carbocycles. The number of rotatable bonds is 3. The van der Waals surface area contributed by atoms with Gasteiger partial charge in [0.15, 0.2) is 0 Å². The second kappa shape index (κ2) is 9.19. The second-order valence-corrected chi connectivity index (χ2v) is 8.14. The third-order valence-corrected chi connectivity index (χ3v) is 6.14. The van der Waals surface area contributed by atoms with Crippen LogP contribution in [0, 0.1) is 0 Å². The Labute approximate surface area is 179 Å². The van der Waals surface area contributed by atoms with Crippen LogP contribution in [0.4, 0.5) is 5.69 Å². The SMILES string of the molecule is Cl.Cl.NC1(C(=O)N2CCCC(N3CCN(c4cccc(Cl)c4)CC3)C2)CC1. The Balaban J connectivity index is 0.00000131. The van der Waals surface area contributed by atoms with Crippen LogP contribution in [0.2, 0.25) is 5.02 Å². The zero-order valence-corrected chi connectivity index (χ0v) is 17.9. The number of amides is 1. The summed E-state index contributed by atoms with van der Waals surface area (Å²) in [6, 6.07) is 8.56. The van der Waals surface area contributed by atoms with E-state index in [0.717, 1.165) is 63.6 Å². The van der Waals surface area contributed by atoms with Crippen molar-refractivity contribution in [3.8, 4) is 0 Å². The Bertz CT molecular complexity index is 648. The van der Waals surface area contributed by atoms with E-state index in [-0.39, 0.29) is 30.7 Å². The molecular weight excluding hydrogens is 407 g/mol. The van der Waals surface area contributed by atoms with Crippen LogP contribution in [0.1, 0.15) is 25.7 Å². The molecule has 2 N–H and O–H groups in total. The van der Waals surface area contributed by atoms with Gasteiger partial charge < -0.3 is 15.5 Å². The predicted molar refractivity (Wildman–Crippen MR) is 115 cm³/mol. The lowest BCUT2D eigenvalue weighted by molar-refractivity contribution is -0.135. The number of anilines is 1. The lowest BCUT2D eigenvalue weighted by Crippen LogP contribution is -2.58. The van der Waals surface area contributed by atoms with Crippen LogP contribution in [0.15, 0.2) is 24.3 Å². The van der Waals surface area contributed by atoms with E-state index in [1.165, 1.54) is 12.1 Å². The van der Waals surface area contributed by atoms with Crippen LogP contribution in [0.5, 0.6) is 0 Å². The number of carbonyl (C=O) groups excluding carboxylic acids is 1. The molecule has 27 heavy (non-hydrogen) atoms. The van der Waals surface area contributed by atoms with Crippen molar-refractivity contribution in [2.75, 3.05) is 44.2 Å². The molecule has 8 heteroatoms. The molecule has 0 spiro atoms. The summed E-state index contributed by atoms with van der Waals surface area (Å²) in [6.45, 7) is 5.79. The highest BCUT2D eigenvalue weighted by Crippen LogP contribution is 2.35. The topological polar surface area (TPSA) is 52.8 Å². The van der Waals surface area contributed by atoms with Gasteiger partial charge in [-0.1, -0.05) is 17.7 Å². The van der Waals surface area contributed by atoms with Crippen molar-refractivity contribution in [3.63, 3.8) is 0 Å². The van der Waals surface area contributed by atoms with Gasteiger partial charge in [0.25, 0.3) is 0 Å². The number of hydrogen-bond acceptors (Lipinski definition) is 4. The smallest absolute Gasteiger partial charge is 0.242 e. The quantitative estimate of drug-likeness (QED) is 0.793. The molecule has 2 saturated heterocycles. The Morgan fingerprint density at radius 3 is 2.44 bits per heavy atom. The molecule has 4 rings (SSSR count). The van der Waals surface area contributed by atoms with Crippen LogP contribution < -0.4 is 10.6 Å². The van der Waals surface area contributed by atoms with Crippen molar-refractivity contribution in [2.45, 2.75) is 37.3 Å². The Morgan fingerprint density at radius 2 is 1.81 bits per heavy atom. The minimum absolute atomic E-state index is 0. The second-order valence-electron chi connectivity index (χ2n) is 7.71. The number of piperazine rings is 1. The van der Waals surface area contributed by atoms with E-state index in [2.05, 4.69) is 15.9 Å². The van der Waals surface area contributed by atoms with Gasteiger partial charge in [-0.05, 0) is 43.9 Å². The summed E-state index contributed by atoms with van der Waals surface area (Å²) < 4.78 is 0. The van der Waals surface area contributed by atoms with Crippen molar-refractivity contribution in [1.29, 1.82) is 0 Å². The van der Waals surface area contributed by atoms with E-state index in [1.54, 1.807) is 0 Å². The van der Waals surface area contributed by atoms with Crippen LogP contribution in [-0.2, 0) is 4.79 Å². The fraction of sp³-hybridized carbons (Fsp3) is 0.632. The molecule has 1 aromatic rings. The van der Waals surface area contributed by atoms with E-state index < -0.39 is 5.54 Å². The molecule has 0 aromatic heterocycles. The Morgan fingerprint density at radius 1 is 1.11 bits per heavy atom. The van der Waals surface area contributed by atoms with Gasteiger partial charge in [0.1, 0.15) is 0 Å². The molecule has 1 atom stereocenters. The molecule has 152 valence electrons. The highest BCUT2D eigenvalue weighted by atomic mass is 35.5. The summed E-state index contributed by atoms with van der Waals surface area (Å²) in [5.41, 5.74) is 6.78. The number of likely N-dealkylation sites (tertiary alicyclic amines) is 1. The molecule has 2 heterocycles. The number of nitrogens with two attached hydrogens (primary N) is 1. The van der Waals surface area contributed by atoms with Gasteiger partial charge in [0, 0.05) is 56.0 Å². The van der Waals surface area contributed by atoms with Crippen molar-refractivity contribution in [3.05, 3.63) is 29.3 Å². The molecular formula is C19H29Cl3N4O. The molecule has 0 bridgehead atoms. The first kappa shape index (κ1) is 22.6. The first-order valence-electron chi connectivity index (χ1n) is 9.38. The van der Waals surface area contributed by atoms with Crippen LogP contribution in [-0.4, -0.2) is 66.6 Å². The lowest BCUT2D eigenvalue weighted by atomic mass is 10.0. The summed E-state index contributed by atoms with van der Waals surface area (Å²) in [6.07, 6.45) is 3.97. The normalized spacial score (nSPS) is 24.6. The van der Waals surface area contributed by atoms with Crippen LogP contribution in [0.25, 0.3) is 0 Å². The zero-order chi connectivity index (χ0) is 17.4. The van der Waals surface area contributed by atoms with Crippen molar-refractivity contribution in [1.82, 2.24) is 9.80 Å². The van der Waals surface area contributed by atoms with E-state index in [1.807, 2.05) is 23.1 Å². The van der Waals surface area contributed by atoms with Crippen molar-refractivity contribution < 1.29 is 4.79 Å². The van der Waals surface area contributed by atoms with Gasteiger partial charge in [-0.3, -0.25) is 9.69 Å². The van der Waals surface area contributed by atoms with Gasteiger partial charge >= 0.3 is 0 Å². The lowest BCUT2D eigenvalue weighted by Gasteiger charge is -2.44. The summed E-state index contributed by atoms with van der Waals surface area (Å²) in [4.78, 5) is 19.5. The molecule has 3 aliphatic rings. The average Bonchev–Trinajstić information content (AvgIpc) is 3.40. The summed E-state index contributed by atoms with van der Waals surface area (Å²) in [7, 11) is 0. The van der Waals surface area contributed by atoms with Crippen molar-refractivity contribution >= 4 is 48.0 Å². The van der Waals surface area contributed by atoms with Gasteiger partial charge in [0.05, 0.1) is 5.54 Å². The predicted octanol–water partition coefficient (Wildman–Crippen LogP) is 2.79. The fourth-order valence-electron chi connectivity index (χ4n) is 4.12. The standard InChI is InChI=1S/C19H27ClN4O.2ClH/c20-15-3-1-4-16(13-15)22-9-11-23(12-10-22)17-5-2-8-24(14-17)18(25)19(21)6-7-19;;/h1,3-4,13,17H,2,5-12,14,21H2;2*1H. The minimum Gasteiger partial charge on any atom is -0.369 e. The number of piperidine rings is 1. The molecule has 5 nitrogen and oxygen atoms in total.